The predicted octanol–water partition coefficient (Wildman–Crippen LogP) is 4.98. The first kappa shape index (κ1) is 16.5. The van der Waals surface area contributed by atoms with Crippen molar-refractivity contribution in [3.63, 3.8) is 0 Å². The molecule has 0 aliphatic heterocycles. The fourth-order valence-electron chi connectivity index (χ4n) is 2.39. The molecule has 0 aliphatic carbocycles. The molecule has 122 valence electrons. The number of carbonyl (C=O) groups excluding carboxylic acids is 1. The van der Waals surface area contributed by atoms with Crippen molar-refractivity contribution in [1.29, 1.82) is 0 Å². The maximum Gasteiger partial charge on any atom is 0.226 e. The van der Waals surface area contributed by atoms with Crippen molar-refractivity contribution < 1.29 is 9.21 Å². The van der Waals surface area contributed by atoms with E-state index in [1.807, 2.05) is 61.5 Å². The summed E-state index contributed by atoms with van der Waals surface area (Å²) < 4.78 is 6.65. The van der Waals surface area contributed by atoms with E-state index in [0.717, 1.165) is 27.2 Å². The smallest absolute Gasteiger partial charge is 0.226 e. The molecule has 2 aromatic carbocycles. The van der Waals surface area contributed by atoms with Gasteiger partial charge in [0.05, 0.1) is 5.69 Å². The van der Waals surface area contributed by atoms with E-state index >= 15 is 0 Å². The monoisotopic (exact) mass is 384 g/mol. The molecule has 5 heteroatoms. The number of aryl methyl sites for hydroxylation is 2. The van der Waals surface area contributed by atoms with Crippen molar-refractivity contribution in [3.05, 3.63) is 70.5 Å². The van der Waals surface area contributed by atoms with Gasteiger partial charge in [-0.1, -0.05) is 40.2 Å². The summed E-state index contributed by atoms with van der Waals surface area (Å²) in [5.41, 5.74) is 2.53. The van der Waals surface area contributed by atoms with Gasteiger partial charge in [0.25, 0.3) is 0 Å². The first-order chi connectivity index (χ1) is 11.6. The highest BCUT2D eigenvalue weighted by Gasteiger charge is 2.13. The van der Waals surface area contributed by atoms with Gasteiger partial charge in [-0.25, -0.2) is 4.98 Å². The molecule has 1 N–H and O–H groups in total. The molecule has 0 fully saturated rings. The lowest BCUT2D eigenvalue weighted by atomic mass is 10.2. The summed E-state index contributed by atoms with van der Waals surface area (Å²) in [7, 11) is 0. The molecule has 24 heavy (non-hydrogen) atoms. The Bertz CT molecular complexity index is 844. The molecule has 3 rings (SSSR count). The number of amides is 1. The highest BCUT2D eigenvalue weighted by Crippen LogP contribution is 2.22. The molecule has 0 saturated heterocycles. The fraction of sp³-hybridized carbons (Fsp3) is 0.158. The largest absolute Gasteiger partial charge is 0.441 e. The van der Waals surface area contributed by atoms with Crippen LogP contribution in [0.15, 0.2) is 63.5 Å². The Balaban J connectivity index is 1.62. The quantitative estimate of drug-likeness (QED) is 0.674. The van der Waals surface area contributed by atoms with Crippen molar-refractivity contribution in [2.45, 2.75) is 19.8 Å². The lowest BCUT2D eigenvalue weighted by Crippen LogP contribution is -2.12. The van der Waals surface area contributed by atoms with Crippen LogP contribution in [0, 0.1) is 6.92 Å². The van der Waals surface area contributed by atoms with Gasteiger partial charge in [0, 0.05) is 28.6 Å². The van der Waals surface area contributed by atoms with Crippen LogP contribution in [0.25, 0.3) is 11.5 Å². The zero-order valence-electron chi connectivity index (χ0n) is 13.3. The van der Waals surface area contributed by atoms with Gasteiger partial charge < -0.3 is 9.73 Å². The Labute approximate surface area is 149 Å². The van der Waals surface area contributed by atoms with Crippen LogP contribution in [-0.2, 0) is 11.2 Å². The molecule has 1 amide bonds. The molecule has 0 saturated carbocycles. The highest BCUT2D eigenvalue weighted by molar-refractivity contribution is 9.10. The van der Waals surface area contributed by atoms with Gasteiger partial charge in [0.1, 0.15) is 5.76 Å². The van der Waals surface area contributed by atoms with E-state index in [4.69, 9.17) is 4.42 Å². The average molecular weight is 385 g/mol. The number of rotatable bonds is 5. The van der Waals surface area contributed by atoms with Gasteiger partial charge in [0.15, 0.2) is 0 Å². The van der Waals surface area contributed by atoms with Crippen molar-refractivity contribution in [2.24, 2.45) is 0 Å². The number of nitrogens with zero attached hydrogens (tertiary/aromatic N) is 1. The SMILES string of the molecule is Cc1oc(-c2ccccc2)nc1CCC(=O)Nc1cccc(Br)c1. The molecule has 0 spiro atoms. The molecular weight excluding hydrogens is 368 g/mol. The number of aromatic nitrogens is 1. The first-order valence-corrected chi connectivity index (χ1v) is 8.48. The fourth-order valence-corrected chi connectivity index (χ4v) is 2.79. The van der Waals surface area contributed by atoms with Crippen LogP contribution in [0.5, 0.6) is 0 Å². The number of oxazole rings is 1. The number of carbonyl (C=O) groups is 1. The van der Waals surface area contributed by atoms with Gasteiger partial charge in [0.2, 0.25) is 11.8 Å². The molecule has 4 nitrogen and oxygen atoms in total. The molecule has 0 atom stereocenters. The van der Waals surface area contributed by atoms with Crippen molar-refractivity contribution >= 4 is 27.5 Å². The van der Waals surface area contributed by atoms with E-state index in [-0.39, 0.29) is 5.91 Å². The van der Waals surface area contributed by atoms with Gasteiger partial charge in [-0.2, -0.15) is 0 Å². The van der Waals surface area contributed by atoms with E-state index in [9.17, 15) is 4.79 Å². The van der Waals surface area contributed by atoms with Crippen LogP contribution in [0.1, 0.15) is 17.9 Å². The maximum absolute atomic E-state index is 12.1. The van der Waals surface area contributed by atoms with Crippen molar-refractivity contribution in [1.82, 2.24) is 4.98 Å². The van der Waals surface area contributed by atoms with Crippen LogP contribution >= 0.6 is 15.9 Å². The van der Waals surface area contributed by atoms with E-state index in [1.54, 1.807) is 0 Å². The summed E-state index contributed by atoms with van der Waals surface area (Å²) in [5.74, 6) is 1.30. The topological polar surface area (TPSA) is 55.1 Å². The zero-order chi connectivity index (χ0) is 16.9. The minimum Gasteiger partial charge on any atom is -0.441 e. The summed E-state index contributed by atoms with van der Waals surface area (Å²) in [4.78, 5) is 16.6. The molecule has 3 aromatic rings. The van der Waals surface area contributed by atoms with E-state index < -0.39 is 0 Å². The number of nitrogens with one attached hydrogen (secondary N) is 1. The third-order valence-corrected chi connectivity index (χ3v) is 4.10. The Morgan fingerprint density at radius 2 is 1.96 bits per heavy atom. The van der Waals surface area contributed by atoms with Crippen LogP contribution in [0.2, 0.25) is 0 Å². The second kappa shape index (κ2) is 7.45. The van der Waals surface area contributed by atoms with E-state index in [1.165, 1.54) is 0 Å². The third-order valence-electron chi connectivity index (χ3n) is 3.61. The number of halogens is 1. The lowest BCUT2D eigenvalue weighted by molar-refractivity contribution is -0.116. The second-order valence-electron chi connectivity index (χ2n) is 5.45. The van der Waals surface area contributed by atoms with Crippen molar-refractivity contribution in [2.75, 3.05) is 5.32 Å². The lowest BCUT2D eigenvalue weighted by Gasteiger charge is -2.04. The van der Waals surface area contributed by atoms with E-state index in [2.05, 4.69) is 26.2 Å². The molecule has 1 heterocycles. The normalized spacial score (nSPS) is 10.6. The van der Waals surface area contributed by atoms with Crippen LogP contribution < -0.4 is 5.32 Å². The van der Waals surface area contributed by atoms with Gasteiger partial charge >= 0.3 is 0 Å². The number of benzene rings is 2. The van der Waals surface area contributed by atoms with Crippen LogP contribution in [0.3, 0.4) is 0 Å². The van der Waals surface area contributed by atoms with E-state index in [0.29, 0.717) is 18.7 Å². The molecule has 1 aromatic heterocycles. The predicted molar refractivity (Wildman–Crippen MR) is 97.8 cm³/mol. The first-order valence-electron chi connectivity index (χ1n) is 7.69. The van der Waals surface area contributed by atoms with Crippen LogP contribution in [0.4, 0.5) is 5.69 Å². The number of anilines is 1. The zero-order valence-corrected chi connectivity index (χ0v) is 14.8. The minimum atomic E-state index is -0.0447. The Kier molecular flexibility index (Phi) is 5.11. The highest BCUT2D eigenvalue weighted by atomic mass is 79.9. The summed E-state index contributed by atoms with van der Waals surface area (Å²) in [6.45, 7) is 1.88. The summed E-state index contributed by atoms with van der Waals surface area (Å²) >= 11 is 3.39. The molecular formula is C19H17BrN2O2. The maximum atomic E-state index is 12.1. The van der Waals surface area contributed by atoms with Crippen molar-refractivity contribution in [3.8, 4) is 11.5 Å². The summed E-state index contributed by atoms with van der Waals surface area (Å²) in [6, 6.07) is 17.3. The third kappa shape index (κ3) is 4.11. The Hall–Kier alpha value is -2.40. The molecule has 0 unspecified atom stereocenters. The molecule has 0 bridgehead atoms. The molecule has 0 aliphatic rings. The second-order valence-corrected chi connectivity index (χ2v) is 6.36. The summed E-state index contributed by atoms with van der Waals surface area (Å²) in [6.07, 6.45) is 0.899. The Morgan fingerprint density at radius 1 is 1.17 bits per heavy atom. The number of hydrogen-bond acceptors (Lipinski definition) is 3. The van der Waals surface area contributed by atoms with Gasteiger partial charge in [-0.15, -0.1) is 0 Å². The average Bonchev–Trinajstić information content (AvgIpc) is 2.95. The minimum absolute atomic E-state index is 0.0447. The van der Waals surface area contributed by atoms with Gasteiger partial charge in [-0.05, 0) is 37.3 Å². The van der Waals surface area contributed by atoms with Crippen LogP contribution in [-0.4, -0.2) is 10.9 Å². The standard InChI is InChI=1S/C19H17BrN2O2/c1-13-17(22-19(24-13)14-6-3-2-4-7-14)10-11-18(23)21-16-9-5-8-15(20)12-16/h2-9,12H,10-11H2,1H3,(H,21,23). The molecule has 0 radical (unpaired) electrons. The Morgan fingerprint density at radius 3 is 2.71 bits per heavy atom. The number of hydrogen-bond donors (Lipinski definition) is 1. The summed E-state index contributed by atoms with van der Waals surface area (Å²) in [5, 5.41) is 2.88. The van der Waals surface area contributed by atoms with Gasteiger partial charge in [-0.3, -0.25) is 4.79 Å².